The summed E-state index contributed by atoms with van der Waals surface area (Å²) in [6.07, 6.45) is 0.493. The molecule has 1 aromatic rings. The van der Waals surface area contributed by atoms with E-state index >= 15 is 0 Å². The van der Waals surface area contributed by atoms with E-state index in [1.165, 1.54) is 12.1 Å². The van der Waals surface area contributed by atoms with Gasteiger partial charge in [0.1, 0.15) is 5.60 Å². The number of sulfonamides is 1. The number of benzene rings is 1. The van der Waals surface area contributed by atoms with E-state index in [4.69, 9.17) is 9.88 Å². The molecule has 0 unspecified atom stereocenters. The molecule has 2 rings (SSSR count). The molecule has 8 heteroatoms. The topological polar surface area (TPSA) is 102 Å². The second-order valence-corrected chi connectivity index (χ2v) is 8.54. The van der Waals surface area contributed by atoms with Crippen molar-refractivity contribution in [1.29, 1.82) is 0 Å². The molecule has 0 spiro atoms. The molecule has 1 heterocycles. The van der Waals surface area contributed by atoms with Crippen LogP contribution in [0.2, 0.25) is 0 Å². The standard InChI is InChI=1S/C16H25N3O4S/c1-16(2,3)23-15(20)19-10-13(11-19)18-9-8-12-4-6-14(7-5-12)24(17,21)22/h4-7,13,18H,8-11H2,1-3H3,(H2,17,21,22). The summed E-state index contributed by atoms with van der Waals surface area (Å²) < 4.78 is 27.7. The van der Waals surface area contributed by atoms with Crippen LogP contribution in [-0.4, -0.2) is 50.7 Å². The van der Waals surface area contributed by atoms with Crippen LogP contribution in [0, 0.1) is 0 Å². The third-order valence-electron chi connectivity index (χ3n) is 3.63. The van der Waals surface area contributed by atoms with E-state index in [0.717, 1.165) is 18.5 Å². The molecule has 0 saturated carbocycles. The first kappa shape index (κ1) is 18.7. The molecule has 0 bridgehead atoms. The van der Waals surface area contributed by atoms with E-state index in [9.17, 15) is 13.2 Å². The summed E-state index contributed by atoms with van der Waals surface area (Å²) >= 11 is 0. The number of amides is 1. The van der Waals surface area contributed by atoms with Crippen molar-refractivity contribution in [2.45, 2.75) is 43.7 Å². The maximum Gasteiger partial charge on any atom is 0.410 e. The fourth-order valence-electron chi connectivity index (χ4n) is 2.35. The third-order valence-corrected chi connectivity index (χ3v) is 4.56. The van der Waals surface area contributed by atoms with E-state index in [1.54, 1.807) is 17.0 Å². The fraction of sp³-hybridized carbons (Fsp3) is 0.562. The number of hydrogen-bond acceptors (Lipinski definition) is 5. The first-order valence-corrected chi connectivity index (χ1v) is 9.42. The smallest absolute Gasteiger partial charge is 0.410 e. The molecule has 24 heavy (non-hydrogen) atoms. The number of primary sulfonamides is 1. The monoisotopic (exact) mass is 355 g/mol. The first-order chi connectivity index (χ1) is 11.0. The Morgan fingerprint density at radius 2 is 1.88 bits per heavy atom. The highest BCUT2D eigenvalue weighted by Crippen LogP contribution is 2.15. The van der Waals surface area contributed by atoms with Crippen LogP contribution in [0.5, 0.6) is 0 Å². The zero-order valence-corrected chi connectivity index (χ0v) is 15.1. The molecule has 1 aromatic carbocycles. The van der Waals surface area contributed by atoms with Crippen molar-refractivity contribution in [3.05, 3.63) is 29.8 Å². The maximum absolute atomic E-state index is 11.8. The Balaban J connectivity index is 1.69. The highest BCUT2D eigenvalue weighted by molar-refractivity contribution is 7.89. The van der Waals surface area contributed by atoms with E-state index in [2.05, 4.69) is 5.32 Å². The van der Waals surface area contributed by atoms with Crippen LogP contribution in [-0.2, 0) is 21.2 Å². The van der Waals surface area contributed by atoms with Crippen LogP contribution in [0.4, 0.5) is 4.79 Å². The number of carbonyl (C=O) groups excluding carboxylic acids is 1. The lowest BCUT2D eigenvalue weighted by molar-refractivity contribution is 0.00542. The molecular weight excluding hydrogens is 330 g/mol. The van der Waals surface area contributed by atoms with Crippen molar-refractivity contribution in [2.24, 2.45) is 5.14 Å². The third kappa shape index (κ3) is 5.47. The minimum atomic E-state index is -3.64. The number of nitrogens with one attached hydrogen (secondary N) is 1. The SMILES string of the molecule is CC(C)(C)OC(=O)N1CC(NCCc2ccc(S(N)(=O)=O)cc2)C1. The van der Waals surface area contributed by atoms with Gasteiger partial charge in [-0.05, 0) is 51.4 Å². The number of ether oxygens (including phenoxy) is 1. The van der Waals surface area contributed by atoms with E-state index in [0.29, 0.717) is 13.1 Å². The summed E-state index contributed by atoms with van der Waals surface area (Å²) in [5.74, 6) is 0. The van der Waals surface area contributed by atoms with Gasteiger partial charge in [-0.2, -0.15) is 0 Å². The van der Waals surface area contributed by atoms with Gasteiger partial charge in [0.2, 0.25) is 10.0 Å². The van der Waals surface area contributed by atoms with Crippen LogP contribution in [0.25, 0.3) is 0 Å². The Labute approximate surface area is 143 Å². The molecule has 1 aliphatic heterocycles. The van der Waals surface area contributed by atoms with Gasteiger partial charge in [0, 0.05) is 19.1 Å². The summed E-state index contributed by atoms with van der Waals surface area (Å²) in [5, 5.41) is 8.43. The fourth-order valence-corrected chi connectivity index (χ4v) is 2.87. The normalized spacial score (nSPS) is 15.9. The lowest BCUT2D eigenvalue weighted by Crippen LogP contribution is -2.60. The highest BCUT2D eigenvalue weighted by atomic mass is 32.2. The summed E-state index contributed by atoms with van der Waals surface area (Å²) in [5.41, 5.74) is 0.553. The predicted octanol–water partition coefficient (Wildman–Crippen LogP) is 1.09. The number of likely N-dealkylation sites (tertiary alicyclic amines) is 1. The average Bonchev–Trinajstić information content (AvgIpc) is 2.38. The zero-order valence-electron chi connectivity index (χ0n) is 14.3. The molecule has 1 amide bonds. The first-order valence-electron chi connectivity index (χ1n) is 7.88. The van der Waals surface area contributed by atoms with Crippen LogP contribution in [0.15, 0.2) is 29.2 Å². The maximum atomic E-state index is 11.8. The molecule has 0 radical (unpaired) electrons. The van der Waals surface area contributed by atoms with Crippen molar-refractivity contribution >= 4 is 16.1 Å². The van der Waals surface area contributed by atoms with Crippen LogP contribution in [0.1, 0.15) is 26.3 Å². The molecule has 1 fully saturated rings. The van der Waals surface area contributed by atoms with Gasteiger partial charge in [-0.3, -0.25) is 0 Å². The number of carbonyl (C=O) groups is 1. The van der Waals surface area contributed by atoms with Crippen molar-refractivity contribution in [2.75, 3.05) is 19.6 Å². The van der Waals surface area contributed by atoms with Gasteiger partial charge in [0.25, 0.3) is 0 Å². The van der Waals surface area contributed by atoms with Crippen molar-refractivity contribution < 1.29 is 17.9 Å². The molecule has 134 valence electrons. The lowest BCUT2D eigenvalue weighted by atomic mass is 10.1. The summed E-state index contributed by atoms with van der Waals surface area (Å²) in [7, 11) is -3.64. The minimum Gasteiger partial charge on any atom is -0.444 e. The van der Waals surface area contributed by atoms with Crippen molar-refractivity contribution in [1.82, 2.24) is 10.2 Å². The van der Waals surface area contributed by atoms with E-state index in [-0.39, 0.29) is 17.0 Å². The molecule has 7 nitrogen and oxygen atoms in total. The summed E-state index contributed by atoms with van der Waals surface area (Å²) in [6.45, 7) is 7.57. The number of rotatable bonds is 5. The van der Waals surface area contributed by atoms with Crippen molar-refractivity contribution in [3.8, 4) is 0 Å². The van der Waals surface area contributed by atoms with Gasteiger partial charge in [-0.15, -0.1) is 0 Å². The molecule has 0 aliphatic carbocycles. The second kappa shape index (κ2) is 7.08. The van der Waals surface area contributed by atoms with Gasteiger partial charge < -0.3 is 15.0 Å². The van der Waals surface area contributed by atoms with E-state index in [1.807, 2.05) is 20.8 Å². The van der Waals surface area contributed by atoms with Gasteiger partial charge in [0.05, 0.1) is 4.90 Å². The number of hydrogen-bond donors (Lipinski definition) is 2. The van der Waals surface area contributed by atoms with Crippen LogP contribution in [0.3, 0.4) is 0 Å². The number of nitrogens with zero attached hydrogens (tertiary/aromatic N) is 1. The minimum absolute atomic E-state index is 0.117. The Bertz CT molecular complexity index is 674. The van der Waals surface area contributed by atoms with E-state index < -0.39 is 15.6 Å². The molecule has 3 N–H and O–H groups in total. The number of nitrogens with two attached hydrogens (primary N) is 1. The largest absolute Gasteiger partial charge is 0.444 e. The van der Waals surface area contributed by atoms with Crippen molar-refractivity contribution in [3.63, 3.8) is 0 Å². The van der Waals surface area contributed by atoms with Gasteiger partial charge in [-0.1, -0.05) is 12.1 Å². The zero-order chi connectivity index (χ0) is 18.0. The molecular formula is C16H25N3O4S. The van der Waals surface area contributed by atoms with Gasteiger partial charge in [-0.25, -0.2) is 18.4 Å². The molecule has 1 saturated heterocycles. The Morgan fingerprint density at radius 1 is 1.29 bits per heavy atom. The lowest BCUT2D eigenvalue weighted by Gasteiger charge is -2.40. The quantitative estimate of drug-likeness (QED) is 0.823. The van der Waals surface area contributed by atoms with Crippen LogP contribution >= 0.6 is 0 Å². The molecule has 0 aromatic heterocycles. The Morgan fingerprint density at radius 3 is 2.38 bits per heavy atom. The average molecular weight is 355 g/mol. The predicted molar refractivity (Wildman–Crippen MR) is 91.1 cm³/mol. The summed E-state index contributed by atoms with van der Waals surface area (Å²) in [4.78, 5) is 13.6. The Hall–Kier alpha value is -1.64. The van der Waals surface area contributed by atoms with Crippen LogP contribution < -0.4 is 10.5 Å². The van der Waals surface area contributed by atoms with Gasteiger partial charge >= 0.3 is 6.09 Å². The highest BCUT2D eigenvalue weighted by Gasteiger charge is 2.33. The molecule has 1 aliphatic rings. The van der Waals surface area contributed by atoms with Gasteiger partial charge in [0.15, 0.2) is 0 Å². The molecule has 0 atom stereocenters. The summed E-state index contributed by atoms with van der Waals surface area (Å²) in [6, 6.07) is 6.81. The Kier molecular flexibility index (Phi) is 5.52. The second-order valence-electron chi connectivity index (χ2n) is 6.98.